The summed E-state index contributed by atoms with van der Waals surface area (Å²) in [5.41, 5.74) is -3.64. The maximum Gasteiger partial charge on any atom is 0.334 e. The molecule has 2 saturated carbocycles. The molecule has 0 aromatic heterocycles. The maximum atomic E-state index is 11.8. The molecule has 0 spiro atoms. The Kier molecular flexibility index (Phi) is 2.29. The van der Waals surface area contributed by atoms with Crippen LogP contribution in [-0.2, 0) is 14.3 Å². The van der Waals surface area contributed by atoms with Crippen molar-refractivity contribution < 1.29 is 29.6 Å². The highest BCUT2D eigenvalue weighted by molar-refractivity contribution is 5.91. The number of epoxide rings is 1. The van der Waals surface area contributed by atoms with Crippen LogP contribution in [0, 0.1) is 11.8 Å². The van der Waals surface area contributed by atoms with Crippen molar-refractivity contribution in [3.8, 4) is 0 Å². The lowest BCUT2D eigenvalue weighted by Gasteiger charge is -2.46. The quantitative estimate of drug-likeness (QED) is 0.317. The van der Waals surface area contributed by atoms with Gasteiger partial charge in [-0.1, -0.05) is 6.58 Å². The molecular formula is C15H20O6. The van der Waals surface area contributed by atoms with Gasteiger partial charge in [-0.05, 0) is 26.7 Å². The van der Waals surface area contributed by atoms with Gasteiger partial charge in [-0.25, -0.2) is 4.79 Å². The molecule has 2 heterocycles. The molecular weight excluding hydrogens is 276 g/mol. The average Bonchev–Trinajstić information content (AvgIpc) is 2.96. The summed E-state index contributed by atoms with van der Waals surface area (Å²) in [6.07, 6.45) is -1.61. The zero-order valence-corrected chi connectivity index (χ0v) is 12.1. The van der Waals surface area contributed by atoms with Gasteiger partial charge in [0, 0.05) is 11.5 Å². The van der Waals surface area contributed by atoms with Crippen molar-refractivity contribution in [1.82, 2.24) is 0 Å². The number of carbonyl (C=O) groups is 1. The van der Waals surface area contributed by atoms with E-state index in [1.165, 1.54) is 6.92 Å². The Morgan fingerprint density at radius 3 is 2.67 bits per heavy atom. The normalized spacial score (nSPS) is 61.7. The van der Waals surface area contributed by atoms with Gasteiger partial charge in [0.2, 0.25) is 0 Å². The molecule has 0 amide bonds. The lowest BCUT2D eigenvalue weighted by Crippen LogP contribution is -2.65. The molecule has 0 unspecified atom stereocenters. The number of hydrogen-bond acceptors (Lipinski definition) is 6. The smallest absolute Gasteiger partial charge is 0.334 e. The predicted octanol–water partition coefficient (Wildman–Crippen LogP) is -0.492. The largest absolute Gasteiger partial charge is 0.458 e. The Bertz CT molecular complexity index is 556. The van der Waals surface area contributed by atoms with Crippen LogP contribution in [-0.4, -0.2) is 56.4 Å². The molecule has 4 aliphatic rings. The molecule has 0 aromatic rings. The summed E-state index contributed by atoms with van der Waals surface area (Å²) in [7, 11) is 0. The second-order valence-electron chi connectivity index (χ2n) is 7.28. The van der Waals surface area contributed by atoms with Gasteiger partial charge >= 0.3 is 5.97 Å². The van der Waals surface area contributed by atoms with E-state index in [2.05, 4.69) is 6.58 Å². The lowest BCUT2D eigenvalue weighted by atomic mass is 9.70. The Morgan fingerprint density at radius 2 is 2.00 bits per heavy atom. The third-order valence-electron chi connectivity index (χ3n) is 6.20. The van der Waals surface area contributed by atoms with Crippen LogP contribution in [0.15, 0.2) is 12.2 Å². The van der Waals surface area contributed by atoms with E-state index in [1.54, 1.807) is 6.92 Å². The fourth-order valence-corrected chi connectivity index (χ4v) is 4.86. The summed E-state index contributed by atoms with van der Waals surface area (Å²) < 4.78 is 11.0. The Morgan fingerprint density at radius 1 is 1.33 bits per heavy atom. The number of esters is 1. The first kappa shape index (κ1) is 13.7. The highest BCUT2D eigenvalue weighted by Crippen LogP contribution is 2.65. The van der Waals surface area contributed by atoms with Gasteiger partial charge in [0.25, 0.3) is 0 Å². The SMILES string of the molecule is C=C1C(=O)O[C@H]2[C@H]1CC[C@@](C)(O)[C@@]1(O)[C@@H](O)[C@H]3O[C@@]3(C)[C@H]21. The molecule has 6 nitrogen and oxygen atoms in total. The van der Waals surface area contributed by atoms with Gasteiger partial charge in [-0.15, -0.1) is 0 Å². The molecule has 2 saturated heterocycles. The topological polar surface area (TPSA) is 99.5 Å². The van der Waals surface area contributed by atoms with Crippen molar-refractivity contribution in [2.24, 2.45) is 11.8 Å². The molecule has 4 rings (SSSR count). The first-order valence-corrected chi connectivity index (χ1v) is 7.35. The summed E-state index contributed by atoms with van der Waals surface area (Å²) >= 11 is 0. The van der Waals surface area contributed by atoms with Crippen LogP contribution in [0.1, 0.15) is 26.7 Å². The fraction of sp³-hybridized carbons (Fsp3) is 0.800. The van der Waals surface area contributed by atoms with Crippen molar-refractivity contribution in [2.75, 3.05) is 0 Å². The minimum Gasteiger partial charge on any atom is -0.458 e. The van der Waals surface area contributed by atoms with Crippen molar-refractivity contribution in [3.63, 3.8) is 0 Å². The molecule has 8 atom stereocenters. The lowest BCUT2D eigenvalue weighted by molar-refractivity contribution is -0.239. The third-order valence-corrected chi connectivity index (χ3v) is 6.20. The van der Waals surface area contributed by atoms with Gasteiger partial charge in [0.05, 0.1) is 11.5 Å². The molecule has 2 aliphatic heterocycles. The summed E-state index contributed by atoms with van der Waals surface area (Å²) in [4.78, 5) is 11.8. The number of hydrogen-bond donors (Lipinski definition) is 3. The van der Waals surface area contributed by atoms with E-state index < -0.39 is 47.0 Å². The van der Waals surface area contributed by atoms with E-state index in [1.807, 2.05) is 0 Å². The van der Waals surface area contributed by atoms with E-state index >= 15 is 0 Å². The maximum absolute atomic E-state index is 11.8. The summed E-state index contributed by atoms with van der Waals surface area (Å²) in [5.74, 6) is -1.39. The van der Waals surface area contributed by atoms with E-state index in [9.17, 15) is 20.1 Å². The average molecular weight is 296 g/mol. The van der Waals surface area contributed by atoms with Crippen LogP contribution >= 0.6 is 0 Å². The highest BCUT2D eigenvalue weighted by atomic mass is 16.6. The Labute approximate surface area is 122 Å². The number of fused-ring (bicyclic) bond motifs is 5. The van der Waals surface area contributed by atoms with Gasteiger partial charge in [0.1, 0.15) is 29.5 Å². The molecule has 21 heavy (non-hydrogen) atoms. The predicted molar refractivity (Wildman–Crippen MR) is 70.1 cm³/mol. The van der Waals surface area contributed by atoms with Gasteiger partial charge in [0.15, 0.2) is 0 Å². The number of carbonyl (C=O) groups excluding carboxylic acids is 1. The second kappa shape index (κ2) is 3.51. The van der Waals surface area contributed by atoms with Crippen LogP contribution < -0.4 is 0 Å². The molecule has 0 radical (unpaired) electrons. The van der Waals surface area contributed by atoms with E-state index in [-0.39, 0.29) is 12.3 Å². The molecule has 0 bridgehead atoms. The van der Waals surface area contributed by atoms with Gasteiger partial charge in [-0.2, -0.15) is 0 Å². The molecule has 6 heteroatoms. The van der Waals surface area contributed by atoms with Crippen LogP contribution in [0.2, 0.25) is 0 Å². The summed E-state index contributed by atoms with van der Waals surface area (Å²) in [6, 6.07) is 0. The van der Waals surface area contributed by atoms with Crippen molar-refractivity contribution in [1.29, 1.82) is 0 Å². The van der Waals surface area contributed by atoms with Crippen LogP contribution in [0.25, 0.3) is 0 Å². The summed E-state index contributed by atoms with van der Waals surface area (Å²) in [6.45, 7) is 7.10. The Balaban J connectivity index is 1.87. The van der Waals surface area contributed by atoms with Gasteiger partial charge in [-0.3, -0.25) is 0 Å². The minimum atomic E-state index is -1.75. The second-order valence-corrected chi connectivity index (χ2v) is 7.28. The number of rotatable bonds is 0. The number of ether oxygens (including phenoxy) is 2. The fourth-order valence-electron chi connectivity index (χ4n) is 4.86. The number of aliphatic hydroxyl groups is 3. The van der Waals surface area contributed by atoms with Crippen molar-refractivity contribution in [2.45, 2.75) is 61.8 Å². The molecule has 116 valence electrons. The molecule has 0 aromatic carbocycles. The van der Waals surface area contributed by atoms with E-state index in [4.69, 9.17) is 9.47 Å². The van der Waals surface area contributed by atoms with Crippen LogP contribution in [0.3, 0.4) is 0 Å². The zero-order chi connectivity index (χ0) is 15.4. The highest BCUT2D eigenvalue weighted by Gasteiger charge is 2.83. The minimum absolute atomic E-state index is 0.255. The van der Waals surface area contributed by atoms with Crippen LogP contribution in [0.4, 0.5) is 0 Å². The third kappa shape index (κ3) is 1.31. The molecule has 2 aliphatic carbocycles. The summed E-state index contributed by atoms with van der Waals surface area (Å²) in [5, 5.41) is 32.4. The molecule has 4 fully saturated rings. The van der Waals surface area contributed by atoms with Crippen molar-refractivity contribution in [3.05, 3.63) is 12.2 Å². The van der Waals surface area contributed by atoms with Crippen LogP contribution in [0.5, 0.6) is 0 Å². The standard InChI is InChI=1S/C15H20O6/c1-6-7-4-5-13(2,18)15(19)9(8(7)20-12(6)17)14(3)11(21-14)10(15)16/h7-11,16,18-19H,1,4-5H2,2-3H3/t7-,8-,9-,10-,11+,13+,14-,15-/m0/s1. The first-order valence-electron chi connectivity index (χ1n) is 7.35. The first-order chi connectivity index (χ1) is 9.64. The van der Waals surface area contributed by atoms with E-state index in [0.29, 0.717) is 12.0 Å². The van der Waals surface area contributed by atoms with Crippen molar-refractivity contribution >= 4 is 5.97 Å². The Hall–Kier alpha value is -0.950. The number of aliphatic hydroxyl groups excluding tert-OH is 1. The zero-order valence-electron chi connectivity index (χ0n) is 12.1. The van der Waals surface area contributed by atoms with Gasteiger partial charge < -0.3 is 24.8 Å². The monoisotopic (exact) mass is 296 g/mol. The molecule has 3 N–H and O–H groups in total. The van der Waals surface area contributed by atoms with E-state index in [0.717, 1.165) is 0 Å².